The second-order valence-electron chi connectivity index (χ2n) is 4.91. The van der Waals surface area contributed by atoms with E-state index in [2.05, 4.69) is 46.0 Å². The molecule has 3 nitrogen and oxygen atoms in total. The Morgan fingerprint density at radius 3 is 1.40 bits per heavy atom. The predicted molar refractivity (Wildman–Crippen MR) is 95.0 cm³/mol. The lowest BCUT2D eigenvalue weighted by atomic mass is 10.4. The molecule has 6 heteroatoms. The normalized spacial score (nSPS) is 13.7. The first-order chi connectivity index (χ1) is 9.66. The summed E-state index contributed by atoms with van der Waals surface area (Å²) in [6.45, 7) is 8.52. The van der Waals surface area contributed by atoms with Crippen molar-refractivity contribution in [1.29, 1.82) is 0 Å². The van der Waals surface area contributed by atoms with Gasteiger partial charge in [0.1, 0.15) is 0 Å². The van der Waals surface area contributed by atoms with Crippen LogP contribution in [0.2, 0.25) is 0 Å². The standard InChI is InChI=1S/C14H32O3S2Si/c1-4-7-10-15-20(14(19)13-18,16-11-8-5-2)17-12-9-6-3/h14,18-19H,4-13H2,1-3H3. The van der Waals surface area contributed by atoms with Crippen molar-refractivity contribution < 1.29 is 13.3 Å². The summed E-state index contributed by atoms with van der Waals surface area (Å²) in [5.74, 6) is 0.611. The first-order valence-electron chi connectivity index (χ1n) is 7.87. The summed E-state index contributed by atoms with van der Waals surface area (Å²) in [6, 6.07) is 0. The molecule has 1 unspecified atom stereocenters. The van der Waals surface area contributed by atoms with Crippen LogP contribution in [0.25, 0.3) is 0 Å². The Labute approximate surface area is 137 Å². The SMILES string of the molecule is CCCCO[Si](OCCCC)(OCCCC)C(S)CS. The van der Waals surface area contributed by atoms with Crippen LogP contribution in [0.15, 0.2) is 0 Å². The molecular weight excluding hydrogens is 308 g/mol. The molecule has 0 heterocycles. The highest BCUT2D eigenvalue weighted by Crippen LogP contribution is 2.22. The van der Waals surface area contributed by atoms with Crippen LogP contribution in [0.5, 0.6) is 0 Å². The largest absolute Gasteiger partial charge is 0.515 e. The molecule has 0 amide bonds. The van der Waals surface area contributed by atoms with Crippen molar-refractivity contribution in [3.8, 4) is 0 Å². The molecular formula is C14H32O3S2Si. The monoisotopic (exact) mass is 340 g/mol. The first-order valence-corrected chi connectivity index (χ1v) is 10.8. The average Bonchev–Trinajstić information content (AvgIpc) is 2.46. The molecule has 0 fully saturated rings. The molecule has 0 spiro atoms. The van der Waals surface area contributed by atoms with Crippen LogP contribution in [0.4, 0.5) is 0 Å². The maximum Gasteiger partial charge on any atom is 0.515 e. The second-order valence-corrected chi connectivity index (χ2v) is 9.15. The smallest absolute Gasteiger partial charge is 0.373 e. The van der Waals surface area contributed by atoms with Gasteiger partial charge in [-0.05, 0) is 19.3 Å². The molecule has 20 heavy (non-hydrogen) atoms. The Morgan fingerprint density at radius 1 is 0.800 bits per heavy atom. The fraction of sp³-hybridized carbons (Fsp3) is 1.00. The summed E-state index contributed by atoms with van der Waals surface area (Å²) in [4.78, 5) is -0.0589. The van der Waals surface area contributed by atoms with Crippen LogP contribution in [-0.4, -0.2) is 39.3 Å². The Kier molecular flexibility index (Phi) is 14.0. The van der Waals surface area contributed by atoms with Gasteiger partial charge in [0.25, 0.3) is 0 Å². The van der Waals surface area contributed by atoms with E-state index in [1.807, 2.05) is 0 Å². The van der Waals surface area contributed by atoms with E-state index in [0.29, 0.717) is 25.6 Å². The van der Waals surface area contributed by atoms with Crippen LogP contribution < -0.4 is 0 Å². The lowest BCUT2D eigenvalue weighted by molar-refractivity contribution is 0.0562. The van der Waals surface area contributed by atoms with Gasteiger partial charge in [-0.15, -0.1) is 0 Å². The molecule has 0 aromatic carbocycles. The fourth-order valence-corrected chi connectivity index (χ4v) is 5.28. The molecule has 1 atom stereocenters. The van der Waals surface area contributed by atoms with E-state index in [1.165, 1.54) is 0 Å². The highest BCUT2D eigenvalue weighted by Gasteiger charge is 2.47. The molecule has 0 N–H and O–H groups in total. The molecule has 0 aliphatic carbocycles. The van der Waals surface area contributed by atoms with Crippen LogP contribution >= 0.6 is 25.3 Å². The number of unbranched alkanes of at least 4 members (excludes halogenated alkanes) is 3. The van der Waals surface area contributed by atoms with E-state index in [9.17, 15) is 0 Å². The zero-order valence-electron chi connectivity index (χ0n) is 13.3. The number of thiol groups is 2. The van der Waals surface area contributed by atoms with Gasteiger partial charge in [-0.1, -0.05) is 40.0 Å². The lowest BCUT2D eigenvalue weighted by Gasteiger charge is -2.33. The van der Waals surface area contributed by atoms with E-state index in [-0.39, 0.29) is 4.87 Å². The molecule has 122 valence electrons. The third kappa shape index (κ3) is 8.29. The molecule has 0 saturated heterocycles. The lowest BCUT2D eigenvalue weighted by Crippen LogP contribution is -2.55. The van der Waals surface area contributed by atoms with Gasteiger partial charge in [0.2, 0.25) is 0 Å². The van der Waals surface area contributed by atoms with Gasteiger partial charge in [-0.3, -0.25) is 0 Å². The van der Waals surface area contributed by atoms with Crippen molar-refractivity contribution in [1.82, 2.24) is 0 Å². The second kappa shape index (κ2) is 13.5. The van der Waals surface area contributed by atoms with Gasteiger partial charge in [0.05, 0.1) is 4.87 Å². The van der Waals surface area contributed by atoms with Crippen LogP contribution in [0, 0.1) is 0 Å². The predicted octanol–water partition coefficient (Wildman–Crippen LogP) is 4.14. The number of hydrogen-bond donors (Lipinski definition) is 2. The van der Waals surface area contributed by atoms with Crippen molar-refractivity contribution in [2.45, 2.75) is 64.2 Å². The minimum atomic E-state index is -2.72. The Balaban J connectivity index is 4.66. The summed E-state index contributed by atoms with van der Waals surface area (Å²) in [6.07, 6.45) is 6.38. The van der Waals surface area contributed by atoms with Gasteiger partial charge >= 0.3 is 8.80 Å². The number of rotatable bonds is 14. The minimum Gasteiger partial charge on any atom is -0.373 e. The molecule has 0 saturated carbocycles. The highest BCUT2D eigenvalue weighted by molar-refractivity contribution is 7.86. The summed E-state index contributed by atoms with van der Waals surface area (Å²) >= 11 is 8.99. The van der Waals surface area contributed by atoms with Crippen molar-refractivity contribution in [2.75, 3.05) is 25.6 Å². The molecule has 0 bridgehead atoms. The molecule has 0 aromatic rings. The van der Waals surface area contributed by atoms with E-state index in [0.717, 1.165) is 38.5 Å². The molecule has 0 rings (SSSR count). The molecule has 0 aliphatic heterocycles. The highest BCUT2D eigenvalue weighted by atomic mass is 32.1. The maximum absolute atomic E-state index is 6.09. The van der Waals surface area contributed by atoms with E-state index >= 15 is 0 Å². The Hall–Kier alpha value is 0.797. The third-order valence-electron chi connectivity index (χ3n) is 2.98. The Bertz CT molecular complexity index is 194. The summed E-state index contributed by atoms with van der Waals surface area (Å²) in [5, 5.41) is 0. The minimum absolute atomic E-state index is 0.0589. The van der Waals surface area contributed by atoms with Crippen molar-refractivity contribution in [3.63, 3.8) is 0 Å². The Morgan fingerprint density at radius 2 is 1.15 bits per heavy atom. The zero-order chi connectivity index (χ0) is 15.3. The van der Waals surface area contributed by atoms with Gasteiger partial charge < -0.3 is 13.3 Å². The summed E-state index contributed by atoms with van der Waals surface area (Å²) in [5.41, 5.74) is 0. The fourth-order valence-electron chi connectivity index (χ4n) is 1.60. The van der Waals surface area contributed by atoms with Crippen LogP contribution in [-0.2, 0) is 13.3 Å². The van der Waals surface area contributed by atoms with Gasteiger partial charge in [0.15, 0.2) is 0 Å². The summed E-state index contributed by atoms with van der Waals surface area (Å²) < 4.78 is 18.3. The first kappa shape index (κ1) is 20.8. The van der Waals surface area contributed by atoms with E-state index < -0.39 is 8.80 Å². The van der Waals surface area contributed by atoms with Gasteiger partial charge in [-0.25, -0.2) is 0 Å². The van der Waals surface area contributed by atoms with Crippen molar-refractivity contribution in [3.05, 3.63) is 0 Å². The third-order valence-corrected chi connectivity index (χ3v) is 7.95. The quantitative estimate of drug-likeness (QED) is 0.283. The van der Waals surface area contributed by atoms with Crippen LogP contribution in [0.3, 0.4) is 0 Å². The van der Waals surface area contributed by atoms with Gasteiger partial charge in [-0.2, -0.15) is 25.3 Å². The molecule has 0 radical (unpaired) electrons. The van der Waals surface area contributed by atoms with E-state index in [4.69, 9.17) is 13.3 Å². The molecule has 0 aromatic heterocycles. The zero-order valence-corrected chi connectivity index (χ0v) is 16.1. The average molecular weight is 341 g/mol. The summed E-state index contributed by atoms with van der Waals surface area (Å²) in [7, 11) is -2.72. The van der Waals surface area contributed by atoms with Gasteiger partial charge in [0, 0.05) is 25.6 Å². The topological polar surface area (TPSA) is 27.7 Å². The van der Waals surface area contributed by atoms with Crippen molar-refractivity contribution in [2.24, 2.45) is 0 Å². The van der Waals surface area contributed by atoms with Crippen LogP contribution in [0.1, 0.15) is 59.3 Å². The van der Waals surface area contributed by atoms with E-state index in [1.54, 1.807) is 0 Å². The molecule has 0 aliphatic rings. The number of hydrogen-bond acceptors (Lipinski definition) is 5. The van der Waals surface area contributed by atoms with Crippen molar-refractivity contribution >= 4 is 34.1 Å². The maximum atomic E-state index is 6.09.